The molecule has 0 N–H and O–H groups in total. The van der Waals surface area contributed by atoms with Crippen LogP contribution in [0.4, 0.5) is 0 Å². The summed E-state index contributed by atoms with van der Waals surface area (Å²) in [5.41, 5.74) is 1.29. The normalized spacial score (nSPS) is 16.1. The van der Waals surface area contributed by atoms with Crippen molar-refractivity contribution in [2.24, 2.45) is 0 Å². The lowest BCUT2D eigenvalue weighted by molar-refractivity contribution is -0.0407. The van der Waals surface area contributed by atoms with Gasteiger partial charge in [0.05, 0.1) is 23.7 Å². The maximum absolute atomic E-state index is 12.9. The topological polar surface area (TPSA) is 64.6 Å². The summed E-state index contributed by atoms with van der Waals surface area (Å²) in [5.74, 6) is 6.61. The van der Waals surface area contributed by atoms with Gasteiger partial charge in [0.25, 0.3) is 5.91 Å². The number of unbranched alkanes of at least 4 members (excludes halogenated alkanes) is 2. The van der Waals surface area contributed by atoms with Crippen LogP contribution in [0.1, 0.15) is 42.1 Å². The first-order chi connectivity index (χ1) is 14.2. The first-order valence-corrected chi connectivity index (χ1v) is 10.1. The maximum Gasteiger partial charge on any atom is 0.255 e. The summed E-state index contributed by atoms with van der Waals surface area (Å²) in [6.45, 7) is 3.87. The molecule has 152 valence electrons. The second kappa shape index (κ2) is 10.8. The fourth-order valence-corrected chi connectivity index (χ4v) is 2.98. The van der Waals surface area contributed by atoms with E-state index in [4.69, 9.17) is 21.1 Å². The lowest BCUT2D eigenvalue weighted by Gasteiger charge is -2.32. The molecule has 1 atom stereocenters. The van der Waals surface area contributed by atoms with E-state index in [1.54, 1.807) is 35.5 Å². The monoisotopic (exact) mass is 413 g/mol. The Morgan fingerprint density at radius 1 is 1.38 bits per heavy atom. The van der Waals surface area contributed by atoms with E-state index in [1.807, 2.05) is 0 Å². The predicted octanol–water partition coefficient (Wildman–Crippen LogP) is 3.59. The SMILES string of the molecule is CCCCC#Cc1cncc(C(=O)N2CCOC(COc3ccc(Cl)cn3)C2)c1. The molecule has 0 aromatic carbocycles. The molecular weight excluding hydrogens is 390 g/mol. The molecule has 0 aliphatic carbocycles. The summed E-state index contributed by atoms with van der Waals surface area (Å²) in [4.78, 5) is 22.9. The van der Waals surface area contributed by atoms with E-state index >= 15 is 0 Å². The Labute approximate surface area is 176 Å². The largest absolute Gasteiger partial charge is 0.475 e. The van der Waals surface area contributed by atoms with Crippen LogP contribution in [0.5, 0.6) is 5.88 Å². The van der Waals surface area contributed by atoms with Gasteiger partial charge in [-0.05, 0) is 18.6 Å². The molecule has 3 rings (SSSR count). The van der Waals surface area contributed by atoms with Crippen molar-refractivity contribution in [2.75, 3.05) is 26.3 Å². The molecule has 1 saturated heterocycles. The Kier molecular flexibility index (Phi) is 7.85. The summed E-state index contributed by atoms with van der Waals surface area (Å²) >= 11 is 5.83. The Morgan fingerprint density at radius 3 is 3.07 bits per heavy atom. The van der Waals surface area contributed by atoms with Gasteiger partial charge >= 0.3 is 0 Å². The smallest absolute Gasteiger partial charge is 0.255 e. The molecule has 29 heavy (non-hydrogen) atoms. The van der Waals surface area contributed by atoms with E-state index in [0.717, 1.165) is 24.8 Å². The van der Waals surface area contributed by atoms with E-state index in [0.29, 0.717) is 42.8 Å². The van der Waals surface area contributed by atoms with Crippen LogP contribution in [-0.4, -0.2) is 53.2 Å². The third kappa shape index (κ3) is 6.45. The molecule has 3 heterocycles. The molecule has 6 nitrogen and oxygen atoms in total. The van der Waals surface area contributed by atoms with Crippen molar-refractivity contribution in [2.45, 2.75) is 32.3 Å². The van der Waals surface area contributed by atoms with Crippen molar-refractivity contribution in [3.05, 3.63) is 52.9 Å². The minimum Gasteiger partial charge on any atom is -0.475 e. The van der Waals surface area contributed by atoms with E-state index in [9.17, 15) is 4.79 Å². The Bertz CT molecular complexity index is 877. The van der Waals surface area contributed by atoms with Gasteiger partial charge in [-0.15, -0.1) is 0 Å². The molecule has 1 fully saturated rings. The molecule has 7 heteroatoms. The molecule has 1 aliphatic rings. The highest BCUT2D eigenvalue weighted by Gasteiger charge is 2.26. The van der Waals surface area contributed by atoms with E-state index in [1.165, 1.54) is 6.20 Å². The van der Waals surface area contributed by atoms with Crippen LogP contribution >= 0.6 is 11.6 Å². The fraction of sp³-hybridized carbons (Fsp3) is 0.409. The van der Waals surface area contributed by atoms with Crippen molar-refractivity contribution >= 4 is 17.5 Å². The summed E-state index contributed by atoms with van der Waals surface area (Å²) < 4.78 is 11.4. The molecule has 0 saturated carbocycles. The Balaban J connectivity index is 1.57. The van der Waals surface area contributed by atoms with Gasteiger partial charge in [-0.25, -0.2) is 4.98 Å². The van der Waals surface area contributed by atoms with Crippen LogP contribution in [0, 0.1) is 11.8 Å². The average Bonchev–Trinajstić information content (AvgIpc) is 2.76. The number of carbonyl (C=O) groups is 1. The maximum atomic E-state index is 12.9. The highest BCUT2D eigenvalue weighted by atomic mass is 35.5. The average molecular weight is 414 g/mol. The first-order valence-electron chi connectivity index (χ1n) is 9.75. The third-order valence-electron chi connectivity index (χ3n) is 4.42. The van der Waals surface area contributed by atoms with Gasteiger partial charge in [-0.2, -0.15) is 0 Å². The number of ether oxygens (including phenoxy) is 2. The van der Waals surface area contributed by atoms with E-state index in [-0.39, 0.29) is 12.0 Å². The number of halogens is 1. The molecule has 1 amide bonds. The number of aromatic nitrogens is 2. The van der Waals surface area contributed by atoms with Crippen molar-refractivity contribution in [1.29, 1.82) is 0 Å². The molecular formula is C22H24ClN3O3. The summed E-state index contributed by atoms with van der Waals surface area (Å²) in [7, 11) is 0. The number of nitrogens with zero attached hydrogens (tertiary/aromatic N) is 3. The molecule has 2 aromatic rings. The van der Waals surface area contributed by atoms with Gasteiger partial charge in [0.2, 0.25) is 5.88 Å². The van der Waals surface area contributed by atoms with Crippen LogP contribution in [0.2, 0.25) is 5.02 Å². The Hall–Kier alpha value is -2.62. The minimum atomic E-state index is -0.227. The zero-order valence-electron chi connectivity index (χ0n) is 16.4. The summed E-state index contributed by atoms with van der Waals surface area (Å²) in [5, 5.41) is 0.550. The lowest BCUT2D eigenvalue weighted by atomic mass is 10.1. The molecule has 0 spiro atoms. The van der Waals surface area contributed by atoms with Crippen LogP contribution < -0.4 is 4.74 Å². The van der Waals surface area contributed by atoms with Crippen LogP contribution in [0.15, 0.2) is 36.8 Å². The minimum absolute atomic E-state index is 0.0763. The first kappa shape index (κ1) is 21.1. The summed E-state index contributed by atoms with van der Waals surface area (Å²) in [6.07, 6.45) is 7.60. The van der Waals surface area contributed by atoms with Gasteiger partial charge < -0.3 is 14.4 Å². The van der Waals surface area contributed by atoms with Crippen molar-refractivity contribution in [1.82, 2.24) is 14.9 Å². The number of morpholine rings is 1. The zero-order valence-corrected chi connectivity index (χ0v) is 17.2. The van der Waals surface area contributed by atoms with Crippen LogP contribution in [0.3, 0.4) is 0 Å². The zero-order chi connectivity index (χ0) is 20.5. The molecule has 0 bridgehead atoms. The van der Waals surface area contributed by atoms with E-state index in [2.05, 4.69) is 28.7 Å². The molecule has 2 aromatic heterocycles. The standard InChI is InChI=1S/C22H24ClN3O3/c1-2-3-4-5-6-17-11-18(13-24-12-17)22(27)26-9-10-28-20(15-26)16-29-21-8-7-19(23)14-25-21/h7-8,11-14,20H,2-4,9-10,15-16H2,1H3. The molecule has 0 radical (unpaired) electrons. The fourth-order valence-electron chi connectivity index (χ4n) is 2.87. The number of hydrogen-bond acceptors (Lipinski definition) is 5. The van der Waals surface area contributed by atoms with Gasteiger partial charge in [0.1, 0.15) is 12.7 Å². The summed E-state index contributed by atoms with van der Waals surface area (Å²) in [6, 6.07) is 5.21. The van der Waals surface area contributed by atoms with Crippen LogP contribution in [0.25, 0.3) is 0 Å². The van der Waals surface area contributed by atoms with Crippen LogP contribution in [-0.2, 0) is 4.74 Å². The highest BCUT2D eigenvalue weighted by Crippen LogP contribution is 2.15. The Morgan fingerprint density at radius 2 is 2.28 bits per heavy atom. The number of carbonyl (C=O) groups excluding carboxylic acids is 1. The number of hydrogen-bond donors (Lipinski definition) is 0. The van der Waals surface area contributed by atoms with Gasteiger partial charge in [0, 0.05) is 43.2 Å². The number of rotatable bonds is 6. The van der Waals surface area contributed by atoms with Crippen molar-refractivity contribution in [3.8, 4) is 17.7 Å². The third-order valence-corrected chi connectivity index (χ3v) is 4.64. The molecule has 1 aliphatic heterocycles. The van der Waals surface area contributed by atoms with Gasteiger partial charge in [-0.3, -0.25) is 9.78 Å². The van der Waals surface area contributed by atoms with Gasteiger partial charge in [0.15, 0.2) is 0 Å². The molecule has 1 unspecified atom stereocenters. The quantitative estimate of drug-likeness (QED) is 0.535. The predicted molar refractivity (Wildman–Crippen MR) is 111 cm³/mol. The number of amides is 1. The second-order valence-electron chi connectivity index (χ2n) is 6.74. The van der Waals surface area contributed by atoms with Crippen molar-refractivity contribution in [3.63, 3.8) is 0 Å². The lowest BCUT2D eigenvalue weighted by Crippen LogP contribution is -2.47. The second-order valence-corrected chi connectivity index (χ2v) is 7.17. The van der Waals surface area contributed by atoms with Crippen molar-refractivity contribution < 1.29 is 14.3 Å². The van der Waals surface area contributed by atoms with Gasteiger partial charge in [-0.1, -0.05) is 36.8 Å². The van der Waals surface area contributed by atoms with E-state index < -0.39 is 0 Å². The number of pyridine rings is 2. The highest BCUT2D eigenvalue weighted by molar-refractivity contribution is 6.30.